The smallest absolute Gasteiger partial charge is 0.178 e. The summed E-state index contributed by atoms with van der Waals surface area (Å²) < 4.78 is 0. The molecule has 4 nitrogen and oxygen atoms in total. The van der Waals surface area contributed by atoms with E-state index in [1.165, 1.54) is 19.8 Å². The normalized spacial score (nSPS) is 14.9. The van der Waals surface area contributed by atoms with E-state index < -0.39 is 0 Å². The van der Waals surface area contributed by atoms with Gasteiger partial charge in [-0.2, -0.15) is 5.10 Å². The molecular weight excluding hydrogens is 214 g/mol. The molecule has 0 bridgehead atoms. The first kappa shape index (κ1) is 10.2. The summed E-state index contributed by atoms with van der Waals surface area (Å²) in [5.41, 5.74) is 3.51. The van der Waals surface area contributed by atoms with Crippen LogP contribution in [0.2, 0.25) is 0 Å². The highest BCUT2D eigenvalue weighted by Gasteiger charge is 2.28. The summed E-state index contributed by atoms with van der Waals surface area (Å²) in [4.78, 5) is 15.7. The van der Waals surface area contributed by atoms with Crippen LogP contribution in [-0.2, 0) is 0 Å². The van der Waals surface area contributed by atoms with Gasteiger partial charge in [0.2, 0.25) is 0 Å². The summed E-state index contributed by atoms with van der Waals surface area (Å²) in [6.07, 6.45) is 4.21. The average Bonchev–Trinajstić information content (AvgIpc) is 3.07. The zero-order chi connectivity index (χ0) is 11.8. The second-order valence-electron chi connectivity index (χ2n) is 4.44. The molecule has 0 radical (unpaired) electrons. The van der Waals surface area contributed by atoms with Crippen molar-refractivity contribution in [3.8, 4) is 11.3 Å². The summed E-state index contributed by atoms with van der Waals surface area (Å²) in [6, 6.07) is 5.52. The number of pyridine rings is 1. The molecule has 1 aliphatic carbocycles. The van der Waals surface area contributed by atoms with Gasteiger partial charge in [0.05, 0.1) is 11.9 Å². The number of H-pyrrole nitrogens is 1. The third kappa shape index (κ3) is 1.86. The van der Waals surface area contributed by atoms with Gasteiger partial charge in [0.25, 0.3) is 0 Å². The summed E-state index contributed by atoms with van der Waals surface area (Å²) in [7, 11) is 0. The minimum absolute atomic E-state index is 0.0108. The van der Waals surface area contributed by atoms with Crippen molar-refractivity contribution in [1.29, 1.82) is 0 Å². The van der Waals surface area contributed by atoms with Crippen LogP contribution in [-0.4, -0.2) is 21.0 Å². The van der Waals surface area contributed by atoms with Gasteiger partial charge in [-0.25, -0.2) is 4.98 Å². The van der Waals surface area contributed by atoms with Gasteiger partial charge in [0, 0.05) is 24.1 Å². The highest BCUT2D eigenvalue weighted by molar-refractivity contribution is 5.92. The van der Waals surface area contributed by atoms with Crippen molar-refractivity contribution in [2.75, 3.05) is 0 Å². The lowest BCUT2D eigenvalue weighted by molar-refractivity contribution is 0.101. The van der Waals surface area contributed by atoms with Crippen LogP contribution in [0.5, 0.6) is 0 Å². The number of hydrogen-bond acceptors (Lipinski definition) is 3. The number of ketones is 1. The monoisotopic (exact) mass is 227 g/mol. The Morgan fingerprint density at radius 2 is 2.24 bits per heavy atom. The maximum absolute atomic E-state index is 11.3. The van der Waals surface area contributed by atoms with Gasteiger partial charge in [-0.15, -0.1) is 0 Å². The van der Waals surface area contributed by atoms with Crippen molar-refractivity contribution in [2.45, 2.75) is 25.7 Å². The number of Topliss-reactive ketones (excluding diaryl/α,β-unsaturated/α-hetero) is 1. The highest BCUT2D eigenvalue weighted by Crippen LogP contribution is 2.42. The molecule has 0 aliphatic heterocycles. The van der Waals surface area contributed by atoms with Gasteiger partial charge in [-0.05, 0) is 25.0 Å². The first-order valence-electron chi connectivity index (χ1n) is 5.77. The molecule has 1 N–H and O–H groups in total. The van der Waals surface area contributed by atoms with Gasteiger partial charge in [-0.1, -0.05) is 6.07 Å². The summed E-state index contributed by atoms with van der Waals surface area (Å²) in [5, 5.41) is 7.12. The lowest BCUT2D eigenvalue weighted by Gasteiger charge is -2.02. The van der Waals surface area contributed by atoms with Crippen LogP contribution in [0.1, 0.15) is 41.9 Å². The van der Waals surface area contributed by atoms with Crippen molar-refractivity contribution in [3.05, 3.63) is 35.8 Å². The fourth-order valence-electron chi connectivity index (χ4n) is 1.96. The summed E-state index contributed by atoms with van der Waals surface area (Å²) in [5.74, 6) is 0.582. The molecule has 3 rings (SSSR count). The maximum atomic E-state index is 11.3. The zero-order valence-electron chi connectivity index (χ0n) is 9.60. The van der Waals surface area contributed by atoms with Crippen LogP contribution in [0, 0.1) is 0 Å². The average molecular weight is 227 g/mol. The number of rotatable bonds is 3. The third-order valence-corrected chi connectivity index (χ3v) is 3.04. The topological polar surface area (TPSA) is 58.6 Å². The van der Waals surface area contributed by atoms with E-state index in [0.717, 1.165) is 17.0 Å². The quantitative estimate of drug-likeness (QED) is 0.820. The van der Waals surface area contributed by atoms with Crippen LogP contribution >= 0.6 is 0 Å². The van der Waals surface area contributed by atoms with Crippen LogP contribution in [0.25, 0.3) is 11.3 Å². The Kier molecular flexibility index (Phi) is 2.28. The van der Waals surface area contributed by atoms with Crippen LogP contribution in [0.15, 0.2) is 24.4 Å². The molecule has 2 aromatic heterocycles. The predicted octanol–water partition coefficient (Wildman–Crippen LogP) is 2.55. The Labute approximate surface area is 99.1 Å². The molecule has 0 amide bonds. The molecular formula is C13H13N3O. The van der Waals surface area contributed by atoms with E-state index in [4.69, 9.17) is 0 Å². The van der Waals surface area contributed by atoms with E-state index in [-0.39, 0.29) is 5.78 Å². The van der Waals surface area contributed by atoms with Crippen LogP contribution < -0.4 is 0 Å². The maximum Gasteiger partial charge on any atom is 0.178 e. The molecule has 2 aromatic rings. The van der Waals surface area contributed by atoms with Gasteiger partial charge in [0.15, 0.2) is 5.78 Å². The first-order chi connectivity index (χ1) is 8.25. The van der Waals surface area contributed by atoms with Gasteiger partial charge < -0.3 is 0 Å². The summed E-state index contributed by atoms with van der Waals surface area (Å²) >= 11 is 0. The van der Waals surface area contributed by atoms with Crippen molar-refractivity contribution in [3.63, 3.8) is 0 Å². The number of nitrogens with one attached hydrogen (secondary N) is 1. The second-order valence-corrected chi connectivity index (χ2v) is 4.44. The van der Waals surface area contributed by atoms with Crippen molar-refractivity contribution in [1.82, 2.24) is 15.2 Å². The van der Waals surface area contributed by atoms with E-state index in [1.54, 1.807) is 12.3 Å². The van der Waals surface area contributed by atoms with Gasteiger partial charge in [-0.3, -0.25) is 9.89 Å². The van der Waals surface area contributed by atoms with Crippen LogP contribution in [0.4, 0.5) is 0 Å². The highest BCUT2D eigenvalue weighted by atomic mass is 16.1. The molecule has 4 heteroatoms. The number of hydrogen-bond donors (Lipinski definition) is 1. The van der Waals surface area contributed by atoms with E-state index >= 15 is 0 Å². The number of carbonyl (C=O) groups is 1. The minimum Gasteiger partial charge on any atom is -0.293 e. The first-order valence-corrected chi connectivity index (χ1v) is 5.77. The van der Waals surface area contributed by atoms with E-state index in [9.17, 15) is 4.79 Å². The molecule has 0 saturated heterocycles. The van der Waals surface area contributed by atoms with E-state index in [2.05, 4.69) is 15.2 Å². The molecule has 0 aromatic carbocycles. The molecule has 1 aliphatic rings. The number of carbonyl (C=O) groups excluding carboxylic acids is 1. The minimum atomic E-state index is -0.0108. The molecule has 17 heavy (non-hydrogen) atoms. The fourth-order valence-corrected chi connectivity index (χ4v) is 1.96. The third-order valence-electron chi connectivity index (χ3n) is 3.04. The largest absolute Gasteiger partial charge is 0.293 e. The fraction of sp³-hybridized carbons (Fsp3) is 0.308. The SMILES string of the molecule is CC(=O)c1cccc(-c2cn[nH]c2C2CC2)n1. The Bertz CT molecular complexity index is 570. The molecule has 0 unspecified atom stereocenters. The zero-order valence-corrected chi connectivity index (χ0v) is 9.60. The molecule has 86 valence electrons. The molecule has 1 saturated carbocycles. The Morgan fingerprint density at radius 3 is 2.94 bits per heavy atom. The van der Waals surface area contributed by atoms with Crippen molar-refractivity contribution in [2.24, 2.45) is 0 Å². The van der Waals surface area contributed by atoms with Crippen molar-refractivity contribution < 1.29 is 4.79 Å². The lowest BCUT2D eigenvalue weighted by Crippen LogP contribution is -1.98. The summed E-state index contributed by atoms with van der Waals surface area (Å²) in [6.45, 7) is 1.53. The van der Waals surface area contributed by atoms with E-state index in [1.807, 2.05) is 12.1 Å². The standard InChI is InChI=1S/C13H13N3O/c1-8(17)11-3-2-4-12(15-11)10-7-14-16-13(10)9-5-6-9/h2-4,7,9H,5-6H2,1H3,(H,14,16). The Balaban J connectivity index is 2.05. The van der Waals surface area contributed by atoms with Gasteiger partial charge in [0.1, 0.15) is 5.69 Å². The van der Waals surface area contributed by atoms with Crippen molar-refractivity contribution >= 4 is 5.78 Å². The Hall–Kier alpha value is -1.97. The molecule has 0 spiro atoms. The molecule has 1 fully saturated rings. The number of nitrogens with zero attached hydrogens (tertiary/aromatic N) is 2. The number of aromatic amines is 1. The van der Waals surface area contributed by atoms with E-state index in [0.29, 0.717) is 11.6 Å². The Morgan fingerprint density at radius 1 is 1.41 bits per heavy atom. The molecule has 2 heterocycles. The lowest BCUT2D eigenvalue weighted by atomic mass is 10.1. The number of aromatic nitrogens is 3. The van der Waals surface area contributed by atoms with Crippen LogP contribution in [0.3, 0.4) is 0 Å². The molecule has 0 atom stereocenters. The van der Waals surface area contributed by atoms with Gasteiger partial charge >= 0.3 is 0 Å². The second kappa shape index (κ2) is 3.80. The predicted molar refractivity (Wildman–Crippen MR) is 63.8 cm³/mol.